The SMILES string of the molecule is CC/C=C\C/C=C\C/C=C\C/C=C\C/C=C\C/C=C\CCCCCCCCCCCCCCC(=O)NC(COC1OC(CO)C(OC2OC(CO)C(O)C(O)C2O)C(O)C1O)C(O)CCCCCCCCCCCCCCCCCCCCCCCCCCCCCCCCC. The van der Waals surface area contributed by atoms with E-state index in [9.17, 15) is 45.6 Å². The standard InChI is InChI=1S/C82H149NO13/c1-3-5-7-9-11-13-15-17-19-21-23-25-27-29-31-33-35-37-39-41-43-45-47-49-51-53-55-57-59-61-63-65-71(86)70(69-93-81-79(92)77(90)80(73(68-85)95-81)96-82-78(91)76(89)75(88)72(67-84)94-82)83-74(87)66-64-62-60-58-56-54-52-50-48-46-44-42-40-38-36-34-32-30-28-26-24-22-20-18-16-14-12-10-8-6-4-2/h6,8,12,14,18,20,24,26,30,32,36,38,70-73,75-82,84-86,88-92H,3-5,7,9-11,13,15-17,19,21-23,25,27-29,31,33-35,37,39-69H2,1-2H3,(H,83,87)/b8-6-,14-12-,20-18-,26-24-,32-30-,38-36-. The molecule has 14 nitrogen and oxygen atoms in total. The number of carbonyl (C=O) groups excluding carboxylic acids is 1. The van der Waals surface area contributed by atoms with E-state index in [4.69, 9.17) is 18.9 Å². The minimum atomic E-state index is -1.79. The van der Waals surface area contributed by atoms with Gasteiger partial charge in [-0.3, -0.25) is 4.79 Å². The van der Waals surface area contributed by atoms with E-state index in [1.165, 1.54) is 225 Å². The van der Waals surface area contributed by atoms with E-state index in [1.54, 1.807) is 0 Å². The largest absolute Gasteiger partial charge is 0.394 e. The molecule has 2 fully saturated rings. The monoisotopic (exact) mass is 1360 g/mol. The molecule has 0 bridgehead atoms. The molecule has 2 saturated heterocycles. The van der Waals surface area contributed by atoms with Crippen LogP contribution < -0.4 is 5.32 Å². The summed E-state index contributed by atoms with van der Waals surface area (Å²) in [4.78, 5) is 13.4. The summed E-state index contributed by atoms with van der Waals surface area (Å²) in [7, 11) is 0. The maximum atomic E-state index is 13.4. The lowest BCUT2D eigenvalue weighted by Crippen LogP contribution is -2.65. The highest BCUT2D eigenvalue weighted by Gasteiger charge is 2.51. The molecule has 12 atom stereocenters. The van der Waals surface area contributed by atoms with Gasteiger partial charge in [-0.05, 0) is 64.2 Å². The van der Waals surface area contributed by atoms with Crippen LogP contribution in [0.15, 0.2) is 72.9 Å². The van der Waals surface area contributed by atoms with E-state index in [1.807, 2.05) is 0 Å². The molecule has 0 spiro atoms. The van der Waals surface area contributed by atoms with Crippen LogP contribution in [-0.2, 0) is 23.7 Å². The first-order chi connectivity index (χ1) is 47.1. The maximum Gasteiger partial charge on any atom is 0.220 e. The van der Waals surface area contributed by atoms with Crippen molar-refractivity contribution in [2.24, 2.45) is 0 Å². The van der Waals surface area contributed by atoms with E-state index >= 15 is 0 Å². The average molecular weight is 1360 g/mol. The van der Waals surface area contributed by atoms with E-state index in [-0.39, 0.29) is 12.5 Å². The Kier molecular flexibility index (Phi) is 61.3. The lowest BCUT2D eigenvalue weighted by molar-refractivity contribution is -0.359. The molecule has 96 heavy (non-hydrogen) atoms. The molecule has 0 aliphatic carbocycles. The zero-order valence-corrected chi connectivity index (χ0v) is 61.4. The molecule has 0 aromatic rings. The van der Waals surface area contributed by atoms with Crippen LogP contribution in [0.2, 0.25) is 0 Å². The first kappa shape index (κ1) is 89.5. The van der Waals surface area contributed by atoms with Crippen molar-refractivity contribution in [2.75, 3.05) is 19.8 Å². The highest BCUT2D eigenvalue weighted by molar-refractivity contribution is 5.76. The molecule has 0 aromatic carbocycles. The summed E-state index contributed by atoms with van der Waals surface area (Å²) in [6.07, 6.45) is 73.6. The van der Waals surface area contributed by atoms with Crippen LogP contribution in [0.3, 0.4) is 0 Å². The van der Waals surface area contributed by atoms with Gasteiger partial charge in [0.2, 0.25) is 5.91 Å². The number of aliphatic hydroxyl groups excluding tert-OH is 8. The Morgan fingerprint density at radius 2 is 0.719 bits per heavy atom. The zero-order chi connectivity index (χ0) is 69.4. The summed E-state index contributed by atoms with van der Waals surface area (Å²) in [6.45, 7) is 2.80. The van der Waals surface area contributed by atoms with Gasteiger partial charge in [0.1, 0.15) is 48.8 Å². The molecule has 2 aliphatic rings. The summed E-state index contributed by atoms with van der Waals surface area (Å²) in [5.74, 6) is -0.206. The molecule has 12 unspecified atom stereocenters. The molecule has 560 valence electrons. The number of unbranched alkanes of at least 4 members (excludes halogenated alkanes) is 42. The lowest BCUT2D eigenvalue weighted by Gasteiger charge is -2.46. The van der Waals surface area contributed by atoms with Crippen LogP contribution >= 0.6 is 0 Å². The van der Waals surface area contributed by atoms with Crippen molar-refractivity contribution in [3.63, 3.8) is 0 Å². The molecule has 2 heterocycles. The normalized spacial score (nSPS) is 22.6. The number of hydrogen-bond donors (Lipinski definition) is 9. The van der Waals surface area contributed by atoms with Gasteiger partial charge < -0.3 is 65.1 Å². The number of ether oxygens (including phenoxy) is 4. The van der Waals surface area contributed by atoms with Gasteiger partial charge in [-0.1, -0.05) is 350 Å². The van der Waals surface area contributed by atoms with Crippen LogP contribution in [0.4, 0.5) is 0 Å². The quantitative estimate of drug-likeness (QED) is 0.0204. The Morgan fingerprint density at radius 1 is 0.385 bits per heavy atom. The second kappa shape index (κ2) is 65.7. The smallest absolute Gasteiger partial charge is 0.220 e. The van der Waals surface area contributed by atoms with Crippen molar-refractivity contribution < 1.29 is 64.6 Å². The van der Waals surface area contributed by atoms with E-state index in [0.717, 1.165) is 96.3 Å². The Hall–Kier alpha value is -2.57. The Labute approximate surface area is 587 Å². The topological polar surface area (TPSA) is 228 Å². The van der Waals surface area contributed by atoms with E-state index < -0.39 is 86.8 Å². The highest BCUT2D eigenvalue weighted by Crippen LogP contribution is 2.30. The molecule has 0 aromatic heterocycles. The average Bonchev–Trinajstić information content (AvgIpc) is 0.797. The first-order valence-corrected chi connectivity index (χ1v) is 40.2. The molecule has 2 aliphatic heterocycles. The van der Waals surface area contributed by atoms with Gasteiger partial charge in [-0.25, -0.2) is 0 Å². The number of rotatable bonds is 67. The fraction of sp³-hybridized carbons (Fsp3) is 0.841. The third-order valence-electron chi connectivity index (χ3n) is 19.4. The van der Waals surface area contributed by atoms with E-state index in [0.29, 0.717) is 12.8 Å². The third-order valence-corrected chi connectivity index (χ3v) is 19.4. The van der Waals surface area contributed by atoms with Crippen molar-refractivity contribution >= 4 is 5.91 Å². The predicted molar refractivity (Wildman–Crippen MR) is 397 cm³/mol. The number of aliphatic hydroxyl groups is 8. The Balaban J connectivity index is 1.62. The van der Waals surface area contributed by atoms with Gasteiger partial charge in [0.15, 0.2) is 12.6 Å². The summed E-state index contributed by atoms with van der Waals surface area (Å²) in [5, 5.41) is 87.9. The number of allylic oxidation sites excluding steroid dienone is 12. The van der Waals surface area contributed by atoms with Crippen molar-refractivity contribution in [3.05, 3.63) is 72.9 Å². The fourth-order valence-corrected chi connectivity index (χ4v) is 13.1. The van der Waals surface area contributed by atoms with Gasteiger partial charge in [0.05, 0.1) is 32.0 Å². The predicted octanol–water partition coefficient (Wildman–Crippen LogP) is 18.1. The molecule has 0 saturated carbocycles. The minimum Gasteiger partial charge on any atom is -0.394 e. The minimum absolute atomic E-state index is 0.206. The zero-order valence-electron chi connectivity index (χ0n) is 61.4. The van der Waals surface area contributed by atoms with Crippen LogP contribution in [0.25, 0.3) is 0 Å². The second-order valence-electron chi connectivity index (χ2n) is 28.2. The third kappa shape index (κ3) is 48.3. The van der Waals surface area contributed by atoms with Gasteiger partial charge in [0, 0.05) is 6.42 Å². The van der Waals surface area contributed by atoms with Gasteiger partial charge in [0.25, 0.3) is 0 Å². The highest BCUT2D eigenvalue weighted by atomic mass is 16.7. The van der Waals surface area contributed by atoms with Crippen molar-refractivity contribution in [1.29, 1.82) is 0 Å². The van der Waals surface area contributed by atoms with Crippen LogP contribution in [0, 0.1) is 0 Å². The molecule has 2 rings (SSSR count). The lowest BCUT2D eigenvalue weighted by atomic mass is 9.97. The summed E-state index contributed by atoms with van der Waals surface area (Å²) in [5.41, 5.74) is 0. The summed E-state index contributed by atoms with van der Waals surface area (Å²) < 4.78 is 23.0. The van der Waals surface area contributed by atoms with Crippen LogP contribution in [0.5, 0.6) is 0 Å². The summed E-state index contributed by atoms with van der Waals surface area (Å²) in [6, 6.07) is -0.836. The van der Waals surface area contributed by atoms with Crippen molar-refractivity contribution in [1.82, 2.24) is 5.32 Å². The second-order valence-corrected chi connectivity index (χ2v) is 28.2. The number of nitrogens with one attached hydrogen (secondary N) is 1. The van der Waals surface area contributed by atoms with Crippen molar-refractivity contribution in [3.8, 4) is 0 Å². The maximum absolute atomic E-state index is 13.4. The van der Waals surface area contributed by atoms with Gasteiger partial charge >= 0.3 is 0 Å². The summed E-state index contributed by atoms with van der Waals surface area (Å²) >= 11 is 0. The number of hydrogen-bond acceptors (Lipinski definition) is 13. The number of carbonyl (C=O) groups is 1. The Bertz CT molecular complexity index is 1890. The molecular weight excluding hydrogens is 1210 g/mol. The molecule has 1 amide bonds. The van der Waals surface area contributed by atoms with Crippen molar-refractivity contribution in [2.45, 2.75) is 421 Å². The molecule has 9 N–H and O–H groups in total. The van der Waals surface area contributed by atoms with Gasteiger partial charge in [-0.2, -0.15) is 0 Å². The van der Waals surface area contributed by atoms with Crippen LogP contribution in [0.1, 0.15) is 348 Å². The van der Waals surface area contributed by atoms with Crippen LogP contribution in [-0.4, -0.2) is 140 Å². The Morgan fingerprint density at radius 3 is 1.10 bits per heavy atom. The fourth-order valence-electron chi connectivity index (χ4n) is 13.1. The van der Waals surface area contributed by atoms with Gasteiger partial charge in [-0.15, -0.1) is 0 Å². The molecule has 14 heteroatoms. The molecule has 0 radical (unpaired) electrons. The first-order valence-electron chi connectivity index (χ1n) is 40.2. The van der Waals surface area contributed by atoms with E-state index in [2.05, 4.69) is 92.1 Å². The molecular formula is C82H149NO13. The number of amides is 1.